The van der Waals surface area contributed by atoms with Crippen LogP contribution in [-0.2, 0) is 0 Å². The first-order valence-corrected chi connectivity index (χ1v) is 6.56. The quantitative estimate of drug-likeness (QED) is 0.666. The van der Waals surface area contributed by atoms with Crippen LogP contribution < -0.4 is 0 Å². The lowest BCUT2D eigenvalue weighted by atomic mass is 10.1. The lowest BCUT2D eigenvalue weighted by molar-refractivity contribution is 1.43. The molecule has 0 unspecified atom stereocenters. The van der Waals surface area contributed by atoms with Crippen molar-refractivity contribution in [1.82, 2.24) is 4.98 Å². The molecule has 0 aliphatic rings. The summed E-state index contributed by atoms with van der Waals surface area (Å²) >= 11 is 1.72. The Balaban J connectivity index is 1.99. The van der Waals surface area contributed by atoms with Gasteiger partial charge in [0.05, 0.1) is 0 Å². The molecular weight excluding hydrogens is 226 g/mol. The van der Waals surface area contributed by atoms with Crippen molar-refractivity contribution < 1.29 is 0 Å². The Labute approximate surface area is 104 Å². The Hall–Kier alpha value is -1.80. The van der Waals surface area contributed by atoms with Crippen LogP contribution >= 0.6 is 11.3 Å². The third-order valence-corrected chi connectivity index (χ3v) is 3.60. The first kappa shape index (κ1) is 10.4. The number of fused-ring (bicyclic) bond motifs is 1. The number of aromatic amines is 1. The molecule has 3 aromatic rings. The topological polar surface area (TPSA) is 15.8 Å². The van der Waals surface area contributed by atoms with Gasteiger partial charge in [0, 0.05) is 16.6 Å². The van der Waals surface area contributed by atoms with Gasteiger partial charge in [-0.3, -0.25) is 0 Å². The van der Waals surface area contributed by atoms with Crippen molar-refractivity contribution in [1.29, 1.82) is 0 Å². The van der Waals surface area contributed by atoms with Gasteiger partial charge in [0.2, 0.25) is 0 Å². The zero-order valence-electron chi connectivity index (χ0n) is 9.60. The second kappa shape index (κ2) is 4.22. The lowest BCUT2D eigenvalue weighted by Crippen LogP contribution is -1.71. The third-order valence-electron chi connectivity index (χ3n) is 2.90. The van der Waals surface area contributed by atoms with Crippen molar-refractivity contribution in [2.75, 3.05) is 0 Å². The molecule has 2 heterocycles. The number of rotatable bonds is 2. The molecule has 17 heavy (non-hydrogen) atoms. The van der Waals surface area contributed by atoms with Crippen LogP contribution in [0.5, 0.6) is 0 Å². The number of thiophene rings is 1. The first-order valence-electron chi connectivity index (χ1n) is 5.61. The van der Waals surface area contributed by atoms with Crippen LogP contribution in [0.15, 0.2) is 41.1 Å². The van der Waals surface area contributed by atoms with Gasteiger partial charge in [-0.15, -0.1) is 0 Å². The first-order chi connectivity index (χ1) is 8.33. The molecule has 0 saturated carbocycles. The van der Waals surface area contributed by atoms with Gasteiger partial charge < -0.3 is 4.98 Å². The molecule has 0 amide bonds. The molecule has 0 fully saturated rings. The van der Waals surface area contributed by atoms with Crippen LogP contribution in [0.3, 0.4) is 0 Å². The third kappa shape index (κ3) is 2.04. The van der Waals surface area contributed by atoms with Crippen molar-refractivity contribution in [3.05, 3.63) is 57.9 Å². The van der Waals surface area contributed by atoms with Gasteiger partial charge in [0.1, 0.15) is 0 Å². The molecule has 0 saturated heterocycles. The Kier molecular flexibility index (Phi) is 2.57. The van der Waals surface area contributed by atoms with Gasteiger partial charge >= 0.3 is 0 Å². The largest absolute Gasteiger partial charge is 0.355 e. The maximum Gasteiger partial charge on any atom is 0.0461 e. The summed E-state index contributed by atoms with van der Waals surface area (Å²) in [6.45, 7) is 2.14. The van der Waals surface area contributed by atoms with Crippen LogP contribution in [0.25, 0.3) is 23.1 Å². The van der Waals surface area contributed by atoms with Crippen LogP contribution in [-0.4, -0.2) is 4.98 Å². The van der Waals surface area contributed by atoms with E-state index in [4.69, 9.17) is 0 Å². The number of hydrogen-bond donors (Lipinski definition) is 1. The number of nitrogens with one attached hydrogen (secondary N) is 1. The molecule has 3 rings (SSSR count). The molecule has 1 nitrogen and oxygen atoms in total. The van der Waals surface area contributed by atoms with E-state index in [0.29, 0.717) is 0 Å². The summed E-state index contributed by atoms with van der Waals surface area (Å²) in [6, 6.07) is 10.7. The van der Waals surface area contributed by atoms with E-state index in [1.165, 1.54) is 22.0 Å². The van der Waals surface area contributed by atoms with Crippen molar-refractivity contribution >= 4 is 34.4 Å². The predicted octanol–water partition coefficient (Wildman–Crippen LogP) is 4.71. The average Bonchev–Trinajstić information content (AvgIpc) is 2.95. The minimum absolute atomic E-state index is 1.15. The molecule has 0 aliphatic heterocycles. The van der Waals surface area contributed by atoms with E-state index in [2.05, 4.69) is 65.2 Å². The zero-order valence-corrected chi connectivity index (χ0v) is 10.4. The maximum absolute atomic E-state index is 3.42. The van der Waals surface area contributed by atoms with Crippen LogP contribution in [0, 0.1) is 6.92 Å². The maximum atomic E-state index is 3.42. The summed E-state index contributed by atoms with van der Waals surface area (Å²) in [7, 11) is 0. The van der Waals surface area contributed by atoms with E-state index in [-0.39, 0.29) is 0 Å². The molecular formula is C15H13NS. The Bertz CT molecular complexity index is 659. The van der Waals surface area contributed by atoms with E-state index in [9.17, 15) is 0 Å². The Morgan fingerprint density at radius 1 is 1.18 bits per heavy atom. The van der Waals surface area contributed by atoms with Gasteiger partial charge in [-0.05, 0) is 53.1 Å². The second-order valence-corrected chi connectivity index (χ2v) is 4.93. The molecule has 0 bridgehead atoms. The summed E-state index contributed by atoms with van der Waals surface area (Å²) in [6.07, 6.45) is 4.26. The monoisotopic (exact) mass is 239 g/mol. The van der Waals surface area contributed by atoms with Gasteiger partial charge in [-0.25, -0.2) is 0 Å². The second-order valence-electron chi connectivity index (χ2n) is 4.15. The minimum Gasteiger partial charge on any atom is -0.355 e. The fourth-order valence-electron chi connectivity index (χ4n) is 1.97. The number of benzene rings is 1. The molecule has 1 N–H and O–H groups in total. The van der Waals surface area contributed by atoms with Gasteiger partial charge in [-0.1, -0.05) is 18.2 Å². The number of hydrogen-bond acceptors (Lipinski definition) is 1. The molecule has 0 spiro atoms. The highest BCUT2D eigenvalue weighted by atomic mass is 32.1. The molecule has 2 heteroatoms. The van der Waals surface area contributed by atoms with Gasteiger partial charge in [-0.2, -0.15) is 11.3 Å². The van der Waals surface area contributed by atoms with E-state index < -0.39 is 0 Å². The summed E-state index contributed by atoms with van der Waals surface area (Å²) in [5.74, 6) is 0. The van der Waals surface area contributed by atoms with Crippen LogP contribution in [0.1, 0.15) is 16.8 Å². The fraction of sp³-hybridized carbons (Fsp3) is 0.0667. The molecule has 0 atom stereocenters. The Morgan fingerprint density at radius 2 is 2.12 bits per heavy atom. The average molecular weight is 239 g/mol. The molecule has 1 aromatic carbocycles. The normalized spacial score (nSPS) is 11.6. The van der Waals surface area contributed by atoms with Gasteiger partial charge in [0.15, 0.2) is 0 Å². The summed E-state index contributed by atoms with van der Waals surface area (Å²) < 4.78 is 0. The molecule has 2 aromatic heterocycles. The molecule has 0 aliphatic carbocycles. The fourth-order valence-corrected chi connectivity index (χ4v) is 2.60. The molecule has 84 valence electrons. The highest BCUT2D eigenvalue weighted by Gasteiger charge is 1.99. The van der Waals surface area contributed by atoms with Crippen molar-refractivity contribution in [3.63, 3.8) is 0 Å². The van der Waals surface area contributed by atoms with Crippen molar-refractivity contribution in [2.45, 2.75) is 6.92 Å². The van der Waals surface area contributed by atoms with Crippen LogP contribution in [0.2, 0.25) is 0 Å². The highest BCUT2D eigenvalue weighted by Crippen LogP contribution is 2.20. The number of aromatic nitrogens is 1. The smallest absolute Gasteiger partial charge is 0.0461 e. The summed E-state index contributed by atoms with van der Waals surface area (Å²) in [5, 5.41) is 5.54. The number of aryl methyl sites for hydroxylation is 1. The van der Waals surface area contributed by atoms with Crippen molar-refractivity contribution in [2.24, 2.45) is 0 Å². The lowest BCUT2D eigenvalue weighted by Gasteiger charge is -1.92. The van der Waals surface area contributed by atoms with Crippen molar-refractivity contribution in [3.8, 4) is 0 Å². The standard InChI is InChI=1S/C15H13NS/c1-11-3-2-4-15-14(11)9-13(16-15)6-5-12-7-8-17-10-12/h2-10,16H,1H3. The SMILES string of the molecule is Cc1cccc2[nH]c(C=Cc3ccsc3)cc12. The Morgan fingerprint density at radius 3 is 2.88 bits per heavy atom. The van der Waals surface area contributed by atoms with Gasteiger partial charge in [0.25, 0.3) is 0 Å². The molecule has 0 radical (unpaired) electrons. The number of H-pyrrole nitrogens is 1. The minimum atomic E-state index is 1.15. The van der Waals surface area contributed by atoms with E-state index >= 15 is 0 Å². The van der Waals surface area contributed by atoms with Crippen LogP contribution in [0.4, 0.5) is 0 Å². The van der Waals surface area contributed by atoms with E-state index in [0.717, 1.165) is 5.69 Å². The summed E-state index contributed by atoms with van der Waals surface area (Å²) in [5.41, 5.74) is 4.93. The predicted molar refractivity (Wildman–Crippen MR) is 76.3 cm³/mol. The van der Waals surface area contributed by atoms with E-state index in [1.807, 2.05) is 0 Å². The summed E-state index contributed by atoms with van der Waals surface area (Å²) in [4.78, 5) is 3.42. The highest BCUT2D eigenvalue weighted by molar-refractivity contribution is 7.08. The van der Waals surface area contributed by atoms with E-state index in [1.54, 1.807) is 11.3 Å². The zero-order chi connectivity index (χ0) is 11.7.